The number of aryl methyl sites for hydroxylation is 2. The van der Waals surface area contributed by atoms with E-state index in [1.54, 1.807) is 43.3 Å². The Morgan fingerprint density at radius 2 is 1.73 bits per heavy atom. The number of halogens is 1. The van der Waals surface area contributed by atoms with E-state index in [9.17, 15) is 19.1 Å². The zero-order valence-corrected chi connectivity index (χ0v) is 24.0. The summed E-state index contributed by atoms with van der Waals surface area (Å²) in [5.74, 6) is -0.0863. The predicted octanol–water partition coefficient (Wildman–Crippen LogP) is 7.02. The molecule has 1 fully saturated rings. The summed E-state index contributed by atoms with van der Waals surface area (Å²) >= 11 is 0. The Hall–Kier alpha value is -3.91. The standard InChI is InChI=1S/C33H39FN2O5/c1-4-40-33(39)32(38)35-28-15-22(2)31(23(3)16-28)41-29-13-14-30(37)26(18-29)21-36(19-24-9-6-5-7-10-24)20-25-11-8-12-27(34)17-25/h8,11-18,24,37H,4-7,9-10,19-21H2,1-3H3,(H,35,38). The van der Waals surface area contributed by atoms with Gasteiger partial charge in [-0.1, -0.05) is 31.4 Å². The van der Waals surface area contributed by atoms with Crippen LogP contribution in [-0.4, -0.2) is 35.0 Å². The van der Waals surface area contributed by atoms with Crippen LogP contribution in [0.1, 0.15) is 61.3 Å². The summed E-state index contributed by atoms with van der Waals surface area (Å²) in [7, 11) is 0. The minimum atomic E-state index is -0.935. The van der Waals surface area contributed by atoms with Crippen molar-refractivity contribution in [2.75, 3.05) is 18.5 Å². The summed E-state index contributed by atoms with van der Waals surface area (Å²) in [6.07, 6.45) is 6.11. The third-order valence-corrected chi connectivity index (χ3v) is 7.38. The fourth-order valence-electron chi connectivity index (χ4n) is 5.49. The van der Waals surface area contributed by atoms with Crippen molar-refractivity contribution in [2.45, 2.75) is 66.0 Å². The summed E-state index contributed by atoms with van der Waals surface area (Å²) in [6, 6.07) is 15.3. The monoisotopic (exact) mass is 562 g/mol. The molecular weight excluding hydrogens is 523 g/mol. The molecule has 2 N–H and O–H groups in total. The van der Waals surface area contributed by atoms with Gasteiger partial charge in [0.05, 0.1) is 6.61 Å². The van der Waals surface area contributed by atoms with E-state index in [1.807, 2.05) is 26.0 Å². The predicted molar refractivity (Wildman–Crippen MR) is 156 cm³/mol. The Balaban J connectivity index is 1.51. The summed E-state index contributed by atoms with van der Waals surface area (Å²) in [5, 5.41) is 13.3. The van der Waals surface area contributed by atoms with Crippen molar-refractivity contribution in [3.05, 3.63) is 82.7 Å². The van der Waals surface area contributed by atoms with Gasteiger partial charge in [-0.15, -0.1) is 0 Å². The molecule has 7 nitrogen and oxygen atoms in total. The van der Waals surface area contributed by atoms with E-state index in [4.69, 9.17) is 9.47 Å². The first-order valence-corrected chi connectivity index (χ1v) is 14.3. The van der Waals surface area contributed by atoms with Crippen molar-refractivity contribution < 1.29 is 28.6 Å². The fourth-order valence-corrected chi connectivity index (χ4v) is 5.49. The van der Waals surface area contributed by atoms with Crippen molar-refractivity contribution in [3.63, 3.8) is 0 Å². The second kappa shape index (κ2) is 14.1. The summed E-state index contributed by atoms with van der Waals surface area (Å²) in [6.45, 7) is 7.41. The maximum Gasteiger partial charge on any atom is 0.397 e. The second-order valence-electron chi connectivity index (χ2n) is 10.8. The van der Waals surface area contributed by atoms with Crippen LogP contribution in [0.25, 0.3) is 0 Å². The molecule has 0 aromatic heterocycles. The summed E-state index contributed by atoms with van der Waals surface area (Å²) in [4.78, 5) is 26.0. The highest BCUT2D eigenvalue weighted by molar-refractivity contribution is 6.37. The lowest BCUT2D eigenvalue weighted by molar-refractivity contribution is -0.152. The Morgan fingerprint density at radius 1 is 1.00 bits per heavy atom. The molecule has 0 bridgehead atoms. The van der Waals surface area contributed by atoms with Gasteiger partial charge in [0.2, 0.25) is 0 Å². The van der Waals surface area contributed by atoms with E-state index in [2.05, 4.69) is 10.2 Å². The van der Waals surface area contributed by atoms with Crippen LogP contribution < -0.4 is 10.1 Å². The highest BCUT2D eigenvalue weighted by atomic mass is 19.1. The van der Waals surface area contributed by atoms with Crippen molar-refractivity contribution in [2.24, 2.45) is 5.92 Å². The molecule has 0 spiro atoms. The van der Waals surface area contributed by atoms with Crippen LogP contribution in [0.5, 0.6) is 17.2 Å². The number of carbonyl (C=O) groups excluding carboxylic acids is 2. The molecule has 8 heteroatoms. The topological polar surface area (TPSA) is 88.1 Å². The van der Waals surface area contributed by atoms with Crippen LogP contribution in [-0.2, 0) is 27.4 Å². The quantitative estimate of drug-likeness (QED) is 0.204. The van der Waals surface area contributed by atoms with Gasteiger partial charge in [-0.05, 0) is 98.7 Å². The van der Waals surface area contributed by atoms with Gasteiger partial charge < -0.3 is 19.9 Å². The minimum Gasteiger partial charge on any atom is -0.508 e. The number of benzene rings is 3. The van der Waals surface area contributed by atoms with Gasteiger partial charge in [-0.25, -0.2) is 9.18 Å². The van der Waals surface area contributed by atoms with Crippen LogP contribution in [0.15, 0.2) is 54.6 Å². The van der Waals surface area contributed by atoms with E-state index >= 15 is 0 Å². The molecule has 0 heterocycles. The first-order valence-electron chi connectivity index (χ1n) is 14.3. The van der Waals surface area contributed by atoms with Crippen molar-refractivity contribution >= 4 is 17.6 Å². The SMILES string of the molecule is CCOC(=O)C(=O)Nc1cc(C)c(Oc2ccc(O)c(CN(Cc3cccc(F)c3)CC3CCCCC3)c2)c(C)c1. The number of aromatic hydroxyl groups is 1. The lowest BCUT2D eigenvalue weighted by Gasteiger charge is -2.30. The highest BCUT2D eigenvalue weighted by Gasteiger charge is 2.20. The number of esters is 1. The van der Waals surface area contributed by atoms with E-state index in [-0.39, 0.29) is 18.2 Å². The van der Waals surface area contributed by atoms with Gasteiger partial charge in [-0.3, -0.25) is 9.69 Å². The van der Waals surface area contributed by atoms with Crippen LogP contribution in [0.3, 0.4) is 0 Å². The van der Waals surface area contributed by atoms with E-state index < -0.39 is 11.9 Å². The average molecular weight is 563 g/mol. The van der Waals surface area contributed by atoms with Crippen LogP contribution in [0.2, 0.25) is 0 Å². The minimum absolute atomic E-state index is 0.120. The lowest BCUT2D eigenvalue weighted by Crippen LogP contribution is -2.30. The molecule has 218 valence electrons. The molecular formula is C33H39FN2O5. The first kappa shape index (κ1) is 30.1. The largest absolute Gasteiger partial charge is 0.508 e. The van der Waals surface area contributed by atoms with Gasteiger partial charge in [0.15, 0.2) is 0 Å². The molecule has 1 aliphatic rings. The maximum atomic E-state index is 13.9. The molecule has 0 saturated heterocycles. The number of nitrogens with zero attached hydrogens (tertiary/aromatic N) is 1. The highest BCUT2D eigenvalue weighted by Crippen LogP contribution is 2.34. The number of anilines is 1. The molecule has 0 aliphatic heterocycles. The number of phenols is 1. The number of rotatable bonds is 10. The van der Waals surface area contributed by atoms with Gasteiger partial charge in [0.1, 0.15) is 23.1 Å². The smallest absolute Gasteiger partial charge is 0.397 e. The lowest BCUT2D eigenvalue weighted by atomic mass is 9.88. The summed E-state index contributed by atoms with van der Waals surface area (Å²) < 4.78 is 24.9. The number of hydrogen-bond donors (Lipinski definition) is 2. The van der Waals surface area contributed by atoms with Crippen molar-refractivity contribution in [1.82, 2.24) is 4.90 Å². The third-order valence-electron chi connectivity index (χ3n) is 7.38. The summed E-state index contributed by atoms with van der Waals surface area (Å²) in [5.41, 5.74) is 3.62. The van der Waals surface area contributed by atoms with E-state index in [0.717, 1.165) is 28.8 Å². The molecule has 0 unspecified atom stereocenters. The zero-order valence-electron chi connectivity index (χ0n) is 24.0. The molecule has 1 amide bonds. The van der Waals surface area contributed by atoms with Crippen molar-refractivity contribution in [1.29, 1.82) is 0 Å². The van der Waals surface area contributed by atoms with Gasteiger partial charge in [-0.2, -0.15) is 0 Å². The van der Waals surface area contributed by atoms with Gasteiger partial charge in [0, 0.05) is 30.9 Å². The molecule has 3 aromatic rings. The zero-order chi connectivity index (χ0) is 29.4. The second-order valence-corrected chi connectivity index (χ2v) is 10.8. The molecule has 4 rings (SSSR count). The van der Waals surface area contributed by atoms with Crippen molar-refractivity contribution in [3.8, 4) is 17.2 Å². The Bertz CT molecular complexity index is 1350. The van der Waals surface area contributed by atoms with E-state index in [1.165, 1.54) is 38.2 Å². The number of ether oxygens (including phenoxy) is 2. The number of amides is 1. The van der Waals surface area contributed by atoms with Gasteiger partial charge >= 0.3 is 11.9 Å². The molecule has 41 heavy (non-hydrogen) atoms. The van der Waals surface area contributed by atoms with Crippen LogP contribution >= 0.6 is 0 Å². The maximum absolute atomic E-state index is 13.9. The normalized spacial score (nSPS) is 13.7. The number of hydrogen-bond acceptors (Lipinski definition) is 6. The third kappa shape index (κ3) is 8.54. The Kier molecular flexibility index (Phi) is 10.4. The molecule has 3 aromatic carbocycles. The van der Waals surface area contributed by atoms with E-state index in [0.29, 0.717) is 36.2 Å². The average Bonchev–Trinajstić information content (AvgIpc) is 2.93. The Labute approximate surface area is 241 Å². The molecule has 0 atom stereocenters. The Morgan fingerprint density at radius 3 is 2.41 bits per heavy atom. The first-order chi connectivity index (χ1) is 19.7. The molecule has 0 radical (unpaired) electrons. The van der Waals surface area contributed by atoms with Gasteiger partial charge in [0.25, 0.3) is 0 Å². The number of carbonyl (C=O) groups is 2. The fraction of sp³-hybridized carbons (Fsp3) is 0.394. The molecule has 1 aliphatic carbocycles. The van der Waals surface area contributed by atoms with Crippen LogP contribution in [0, 0.1) is 25.6 Å². The number of phenolic OH excluding ortho intramolecular Hbond substituents is 1. The molecule has 1 saturated carbocycles. The van der Waals surface area contributed by atoms with Crippen LogP contribution in [0.4, 0.5) is 10.1 Å². The number of nitrogens with one attached hydrogen (secondary N) is 1.